The highest BCUT2D eigenvalue weighted by Gasteiger charge is 2.31. The summed E-state index contributed by atoms with van der Waals surface area (Å²) in [5.41, 5.74) is 0.785. The smallest absolute Gasteiger partial charge is 0.244 e. The number of rotatable bonds is 6. The number of carbonyl (C=O) groups is 1. The van der Waals surface area contributed by atoms with Crippen molar-refractivity contribution in [2.45, 2.75) is 51.0 Å². The minimum absolute atomic E-state index is 0.0957. The lowest BCUT2D eigenvalue weighted by Gasteiger charge is -2.37. The Morgan fingerprint density at radius 3 is 2.42 bits per heavy atom. The topological polar surface area (TPSA) is 75.3 Å². The molecule has 2 rings (SSSR count). The molecule has 1 saturated carbocycles. The quantitative estimate of drug-likeness (QED) is 0.747. The maximum Gasteiger partial charge on any atom is 0.244 e. The summed E-state index contributed by atoms with van der Waals surface area (Å²) in [7, 11) is -2.06. The molecule has 2 N–H and O–H groups in total. The molecule has 5 nitrogen and oxygen atoms in total. The van der Waals surface area contributed by atoms with E-state index in [1.54, 1.807) is 18.2 Å². The van der Waals surface area contributed by atoms with Crippen LogP contribution in [0, 0.1) is 17.8 Å². The van der Waals surface area contributed by atoms with E-state index in [-0.39, 0.29) is 16.8 Å². The van der Waals surface area contributed by atoms with Crippen LogP contribution in [0.2, 0.25) is 0 Å². The molecule has 0 saturated heterocycles. The summed E-state index contributed by atoms with van der Waals surface area (Å²) in [6.45, 7) is 6.68. The third-order valence-corrected chi connectivity index (χ3v) is 6.67. The molecule has 1 aromatic carbocycles. The zero-order valence-electron chi connectivity index (χ0n) is 16.0. The van der Waals surface area contributed by atoms with E-state index in [2.05, 4.69) is 30.8 Å². The van der Waals surface area contributed by atoms with Gasteiger partial charge >= 0.3 is 0 Å². The van der Waals surface area contributed by atoms with Crippen molar-refractivity contribution in [3.8, 4) is 0 Å². The Bertz CT molecular complexity index is 739. The summed E-state index contributed by atoms with van der Waals surface area (Å²) in [5, 5.41) is 3.16. The van der Waals surface area contributed by atoms with Crippen molar-refractivity contribution in [2.75, 3.05) is 7.05 Å². The second kappa shape index (κ2) is 8.82. The average Bonchev–Trinajstić information content (AvgIpc) is 2.60. The molecule has 26 heavy (non-hydrogen) atoms. The predicted octanol–water partition coefficient (Wildman–Crippen LogP) is 3.18. The first kappa shape index (κ1) is 20.6. The van der Waals surface area contributed by atoms with Gasteiger partial charge in [0.2, 0.25) is 15.9 Å². The van der Waals surface area contributed by atoms with E-state index < -0.39 is 10.0 Å². The zero-order valence-corrected chi connectivity index (χ0v) is 16.8. The van der Waals surface area contributed by atoms with Gasteiger partial charge in [-0.25, -0.2) is 13.1 Å². The molecular weight excluding hydrogens is 348 g/mol. The lowest BCUT2D eigenvalue weighted by molar-refractivity contribution is -0.118. The van der Waals surface area contributed by atoms with Crippen LogP contribution in [0.25, 0.3) is 6.08 Å². The van der Waals surface area contributed by atoms with Gasteiger partial charge in [0.25, 0.3) is 0 Å². The molecule has 1 amide bonds. The van der Waals surface area contributed by atoms with Crippen LogP contribution >= 0.6 is 0 Å². The molecule has 0 bridgehead atoms. The van der Waals surface area contributed by atoms with Gasteiger partial charge in [0.1, 0.15) is 0 Å². The number of hydrogen-bond donors (Lipinski definition) is 2. The van der Waals surface area contributed by atoms with Gasteiger partial charge in [-0.1, -0.05) is 39.3 Å². The van der Waals surface area contributed by atoms with E-state index in [0.717, 1.165) is 18.4 Å². The molecule has 144 valence electrons. The van der Waals surface area contributed by atoms with Gasteiger partial charge in [-0.2, -0.15) is 0 Å². The van der Waals surface area contributed by atoms with E-state index in [1.807, 2.05) is 0 Å². The first-order chi connectivity index (χ1) is 12.2. The van der Waals surface area contributed by atoms with Crippen LogP contribution in [0.5, 0.6) is 0 Å². The van der Waals surface area contributed by atoms with Crippen LogP contribution in [-0.2, 0) is 14.8 Å². The number of sulfonamides is 1. The standard InChI is InChI=1S/C20H30N2O3S/c1-14(2)18-11-5-15(3)13-19(18)22-20(23)12-8-16-6-9-17(10-7-16)26(24,25)21-4/h6-10,12,14-15,18-19,21H,5,11,13H2,1-4H3,(H,22,23)/b12-8+. The van der Waals surface area contributed by atoms with E-state index in [0.29, 0.717) is 17.8 Å². The Balaban J connectivity index is 2.00. The molecule has 6 heteroatoms. The predicted molar refractivity (Wildman–Crippen MR) is 105 cm³/mol. The van der Waals surface area contributed by atoms with Crippen LogP contribution in [0.4, 0.5) is 0 Å². The average molecular weight is 379 g/mol. The number of hydrogen-bond acceptors (Lipinski definition) is 3. The molecule has 1 aliphatic carbocycles. The van der Waals surface area contributed by atoms with Crippen molar-refractivity contribution in [3.05, 3.63) is 35.9 Å². The van der Waals surface area contributed by atoms with Crippen molar-refractivity contribution >= 4 is 22.0 Å². The Morgan fingerprint density at radius 1 is 1.19 bits per heavy atom. The summed E-state index contributed by atoms with van der Waals surface area (Å²) < 4.78 is 25.7. The van der Waals surface area contributed by atoms with Crippen molar-refractivity contribution in [1.29, 1.82) is 0 Å². The Kier molecular flexibility index (Phi) is 7.01. The minimum Gasteiger partial charge on any atom is -0.350 e. The normalized spacial score (nSPS) is 24.1. The van der Waals surface area contributed by atoms with Gasteiger partial charge in [-0.3, -0.25) is 4.79 Å². The fourth-order valence-corrected chi connectivity index (χ4v) is 4.38. The third kappa shape index (κ3) is 5.42. The van der Waals surface area contributed by atoms with Crippen LogP contribution in [0.1, 0.15) is 45.6 Å². The molecule has 3 unspecified atom stereocenters. The summed E-state index contributed by atoms with van der Waals surface area (Å²) in [6.07, 6.45) is 6.65. The van der Waals surface area contributed by atoms with Crippen molar-refractivity contribution in [3.63, 3.8) is 0 Å². The number of amides is 1. The molecule has 1 aliphatic rings. The van der Waals surface area contributed by atoms with Gasteiger partial charge in [-0.15, -0.1) is 0 Å². The largest absolute Gasteiger partial charge is 0.350 e. The van der Waals surface area contributed by atoms with Gasteiger partial charge in [0.05, 0.1) is 4.90 Å². The fraction of sp³-hybridized carbons (Fsp3) is 0.550. The Hall–Kier alpha value is -1.66. The first-order valence-corrected chi connectivity index (χ1v) is 10.7. The van der Waals surface area contributed by atoms with Crippen molar-refractivity contribution in [1.82, 2.24) is 10.0 Å². The lowest BCUT2D eigenvalue weighted by Crippen LogP contribution is -2.45. The van der Waals surface area contributed by atoms with Gasteiger partial charge in [0.15, 0.2) is 0 Å². The molecule has 0 heterocycles. The van der Waals surface area contributed by atoms with E-state index in [9.17, 15) is 13.2 Å². The number of nitrogens with one attached hydrogen (secondary N) is 2. The molecule has 0 aromatic heterocycles. The number of carbonyl (C=O) groups excluding carboxylic acids is 1. The monoisotopic (exact) mass is 378 g/mol. The molecular formula is C20H30N2O3S. The first-order valence-electron chi connectivity index (χ1n) is 9.25. The van der Waals surface area contributed by atoms with E-state index in [1.165, 1.54) is 31.7 Å². The highest BCUT2D eigenvalue weighted by Crippen LogP contribution is 2.33. The summed E-state index contributed by atoms with van der Waals surface area (Å²) in [6, 6.07) is 6.66. The lowest BCUT2D eigenvalue weighted by atomic mass is 9.74. The van der Waals surface area contributed by atoms with Gasteiger partial charge in [-0.05, 0) is 61.4 Å². The number of benzene rings is 1. The van der Waals surface area contributed by atoms with Gasteiger partial charge < -0.3 is 5.32 Å². The molecule has 3 atom stereocenters. The van der Waals surface area contributed by atoms with Crippen LogP contribution < -0.4 is 10.0 Å². The molecule has 1 aromatic rings. The second-order valence-electron chi connectivity index (χ2n) is 7.55. The van der Waals surface area contributed by atoms with E-state index >= 15 is 0 Å². The maximum atomic E-state index is 12.3. The zero-order chi connectivity index (χ0) is 19.3. The van der Waals surface area contributed by atoms with Gasteiger partial charge in [0, 0.05) is 12.1 Å². The SMILES string of the molecule is CNS(=O)(=O)c1ccc(/C=C/C(=O)NC2CC(C)CCC2C(C)C)cc1. The highest BCUT2D eigenvalue weighted by atomic mass is 32.2. The summed E-state index contributed by atoms with van der Waals surface area (Å²) in [4.78, 5) is 12.5. The molecule has 0 spiro atoms. The van der Waals surface area contributed by atoms with Crippen molar-refractivity contribution in [2.24, 2.45) is 17.8 Å². The van der Waals surface area contributed by atoms with Crippen LogP contribution in [0.3, 0.4) is 0 Å². The minimum atomic E-state index is -3.44. The van der Waals surface area contributed by atoms with Crippen LogP contribution in [-0.4, -0.2) is 27.4 Å². The Labute approximate surface area is 157 Å². The Morgan fingerprint density at radius 2 is 1.85 bits per heavy atom. The van der Waals surface area contributed by atoms with Crippen molar-refractivity contribution < 1.29 is 13.2 Å². The fourth-order valence-electron chi connectivity index (χ4n) is 3.65. The highest BCUT2D eigenvalue weighted by molar-refractivity contribution is 7.89. The van der Waals surface area contributed by atoms with Crippen LogP contribution in [0.15, 0.2) is 35.2 Å². The van der Waals surface area contributed by atoms with E-state index in [4.69, 9.17) is 0 Å². The summed E-state index contributed by atoms with van der Waals surface area (Å²) in [5.74, 6) is 1.62. The molecule has 1 fully saturated rings. The molecule has 0 radical (unpaired) electrons. The maximum absolute atomic E-state index is 12.3. The second-order valence-corrected chi connectivity index (χ2v) is 9.44. The molecule has 0 aliphatic heterocycles. The summed E-state index contributed by atoms with van der Waals surface area (Å²) >= 11 is 0. The third-order valence-electron chi connectivity index (χ3n) is 5.24.